The van der Waals surface area contributed by atoms with E-state index in [1.165, 1.54) is 31.3 Å². The van der Waals surface area contributed by atoms with Crippen LogP contribution in [0.2, 0.25) is 0 Å². The van der Waals surface area contributed by atoms with E-state index in [1.54, 1.807) is 0 Å². The van der Waals surface area contributed by atoms with Crippen molar-refractivity contribution in [3.05, 3.63) is 12.2 Å². The smallest absolute Gasteiger partial charge is 0.0298 e. The molecular formula is C9H17N. The van der Waals surface area contributed by atoms with Gasteiger partial charge in [-0.1, -0.05) is 18.6 Å². The molecule has 1 aliphatic carbocycles. The number of rotatable bonds is 1. The third kappa shape index (κ3) is 1.60. The molecule has 0 aliphatic heterocycles. The molecule has 0 bridgehead atoms. The summed E-state index contributed by atoms with van der Waals surface area (Å²) in [5.41, 5.74) is 1.43. The van der Waals surface area contributed by atoms with Crippen molar-refractivity contribution in [1.29, 1.82) is 0 Å². The van der Waals surface area contributed by atoms with Crippen molar-refractivity contribution in [2.24, 2.45) is 0 Å². The lowest BCUT2D eigenvalue weighted by molar-refractivity contribution is 0.284. The Kier molecular flexibility index (Phi) is 2.50. The molecule has 1 atom stereocenters. The maximum absolute atomic E-state index is 4.08. The fraction of sp³-hybridized carbons (Fsp3) is 0.778. The van der Waals surface area contributed by atoms with Gasteiger partial charge in [0.25, 0.3) is 0 Å². The maximum atomic E-state index is 4.08. The van der Waals surface area contributed by atoms with Gasteiger partial charge in [-0.05, 0) is 33.4 Å². The van der Waals surface area contributed by atoms with Gasteiger partial charge in [-0.3, -0.25) is 0 Å². The molecule has 0 aromatic rings. The topological polar surface area (TPSA) is 3.24 Å². The predicted octanol–water partition coefficient (Wildman–Crippen LogP) is 2.05. The number of nitrogens with zero attached hydrogens (tertiary/aromatic N) is 1. The third-order valence-corrected chi connectivity index (χ3v) is 2.32. The zero-order valence-electron chi connectivity index (χ0n) is 7.06. The Bertz CT molecular complexity index is 127. The van der Waals surface area contributed by atoms with Gasteiger partial charge in [0.15, 0.2) is 0 Å². The molecule has 0 radical (unpaired) electrons. The van der Waals surface area contributed by atoms with Gasteiger partial charge in [0.05, 0.1) is 0 Å². The zero-order chi connectivity index (χ0) is 7.56. The molecule has 0 amide bonds. The van der Waals surface area contributed by atoms with Gasteiger partial charge in [-0.2, -0.15) is 0 Å². The van der Waals surface area contributed by atoms with E-state index in [2.05, 4.69) is 25.6 Å². The highest BCUT2D eigenvalue weighted by Gasteiger charge is 2.17. The highest BCUT2D eigenvalue weighted by Crippen LogP contribution is 2.24. The molecule has 1 rings (SSSR count). The van der Waals surface area contributed by atoms with Crippen molar-refractivity contribution in [2.45, 2.75) is 31.7 Å². The molecule has 10 heavy (non-hydrogen) atoms. The first-order valence-electron chi connectivity index (χ1n) is 4.06. The molecule has 0 spiro atoms. The van der Waals surface area contributed by atoms with Crippen LogP contribution < -0.4 is 0 Å². The highest BCUT2D eigenvalue weighted by molar-refractivity contribution is 5.07. The van der Waals surface area contributed by atoms with E-state index in [9.17, 15) is 0 Å². The van der Waals surface area contributed by atoms with Crippen molar-refractivity contribution in [1.82, 2.24) is 4.90 Å². The average Bonchev–Trinajstić information content (AvgIpc) is 1.88. The number of hydrogen-bond donors (Lipinski definition) is 0. The Balaban J connectivity index is 2.48. The largest absolute Gasteiger partial charge is 0.303 e. The monoisotopic (exact) mass is 139 g/mol. The van der Waals surface area contributed by atoms with E-state index in [0.717, 1.165) is 0 Å². The fourth-order valence-electron chi connectivity index (χ4n) is 1.68. The fourth-order valence-corrected chi connectivity index (χ4v) is 1.68. The summed E-state index contributed by atoms with van der Waals surface area (Å²) in [4.78, 5) is 2.28. The second kappa shape index (κ2) is 3.20. The van der Waals surface area contributed by atoms with Crippen LogP contribution >= 0.6 is 0 Å². The van der Waals surface area contributed by atoms with Crippen LogP contribution in [-0.4, -0.2) is 25.0 Å². The Morgan fingerprint density at radius 1 is 1.40 bits per heavy atom. The average molecular weight is 139 g/mol. The predicted molar refractivity (Wildman–Crippen MR) is 45.1 cm³/mol. The molecule has 1 saturated carbocycles. The van der Waals surface area contributed by atoms with Gasteiger partial charge in [0.1, 0.15) is 0 Å². The zero-order valence-corrected chi connectivity index (χ0v) is 7.06. The molecule has 1 fully saturated rings. The maximum Gasteiger partial charge on any atom is 0.0298 e. The van der Waals surface area contributed by atoms with E-state index < -0.39 is 0 Å². The van der Waals surface area contributed by atoms with Gasteiger partial charge in [0.2, 0.25) is 0 Å². The second-order valence-electron chi connectivity index (χ2n) is 3.38. The molecule has 0 saturated heterocycles. The minimum atomic E-state index is 0.661. The standard InChI is InChI=1S/C9H17N/c1-8-6-4-5-7-9(8)10(2)3/h9H,1,4-7H2,2-3H3/t9-/m1/s1. The first-order chi connectivity index (χ1) is 4.72. The van der Waals surface area contributed by atoms with Gasteiger partial charge in [-0.15, -0.1) is 0 Å². The normalized spacial score (nSPS) is 27.5. The first-order valence-corrected chi connectivity index (χ1v) is 4.06. The van der Waals surface area contributed by atoms with Gasteiger partial charge < -0.3 is 4.90 Å². The minimum absolute atomic E-state index is 0.661. The van der Waals surface area contributed by atoms with Gasteiger partial charge in [0, 0.05) is 6.04 Å². The van der Waals surface area contributed by atoms with Crippen LogP contribution in [0.1, 0.15) is 25.7 Å². The van der Waals surface area contributed by atoms with Crippen molar-refractivity contribution < 1.29 is 0 Å². The van der Waals surface area contributed by atoms with Crippen LogP contribution in [0.25, 0.3) is 0 Å². The molecule has 1 heteroatoms. The Hall–Kier alpha value is -0.300. The third-order valence-electron chi connectivity index (χ3n) is 2.32. The Morgan fingerprint density at radius 3 is 2.50 bits per heavy atom. The number of hydrogen-bond acceptors (Lipinski definition) is 1. The van der Waals surface area contributed by atoms with Crippen molar-refractivity contribution in [3.8, 4) is 0 Å². The van der Waals surface area contributed by atoms with E-state index in [0.29, 0.717) is 6.04 Å². The Labute approximate surface area is 63.7 Å². The minimum Gasteiger partial charge on any atom is -0.303 e. The molecule has 0 N–H and O–H groups in total. The molecule has 0 aromatic heterocycles. The molecule has 1 aliphatic rings. The van der Waals surface area contributed by atoms with Crippen LogP contribution in [0.15, 0.2) is 12.2 Å². The van der Waals surface area contributed by atoms with E-state index in [4.69, 9.17) is 0 Å². The van der Waals surface area contributed by atoms with Gasteiger partial charge >= 0.3 is 0 Å². The SMILES string of the molecule is C=C1CCCC[C@H]1N(C)C. The summed E-state index contributed by atoms with van der Waals surface area (Å²) in [6.45, 7) is 4.08. The van der Waals surface area contributed by atoms with E-state index in [-0.39, 0.29) is 0 Å². The summed E-state index contributed by atoms with van der Waals surface area (Å²) in [5, 5.41) is 0. The lowest BCUT2D eigenvalue weighted by Crippen LogP contribution is -2.31. The van der Waals surface area contributed by atoms with Crippen LogP contribution in [0.5, 0.6) is 0 Å². The lowest BCUT2D eigenvalue weighted by atomic mass is 9.90. The summed E-state index contributed by atoms with van der Waals surface area (Å²) in [6.07, 6.45) is 5.28. The van der Waals surface area contributed by atoms with Crippen LogP contribution in [0, 0.1) is 0 Å². The molecule has 0 aromatic carbocycles. The summed E-state index contributed by atoms with van der Waals surface area (Å²) >= 11 is 0. The second-order valence-corrected chi connectivity index (χ2v) is 3.38. The lowest BCUT2D eigenvalue weighted by Gasteiger charge is -2.30. The molecule has 1 nitrogen and oxygen atoms in total. The highest BCUT2D eigenvalue weighted by atomic mass is 15.1. The molecule has 0 heterocycles. The summed E-state index contributed by atoms with van der Waals surface area (Å²) in [5.74, 6) is 0. The first kappa shape index (κ1) is 7.80. The molecule has 58 valence electrons. The summed E-state index contributed by atoms with van der Waals surface area (Å²) in [7, 11) is 4.28. The van der Waals surface area contributed by atoms with E-state index in [1.807, 2.05) is 0 Å². The number of likely N-dealkylation sites (N-methyl/N-ethyl adjacent to an activating group) is 1. The van der Waals surface area contributed by atoms with E-state index >= 15 is 0 Å². The van der Waals surface area contributed by atoms with Crippen LogP contribution in [-0.2, 0) is 0 Å². The molecule has 0 unspecified atom stereocenters. The van der Waals surface area contributed by atoms with Gasteiger partial charge in [-0.25, -0.2) is 0 Å². The van der Waals surface area contributed by atoms with Crippen molar-refractivity contribution in [3.63, 3.8) is 0 Å². The molecular weight excluding hydrogens is 122 g/mol. The quantitative estimate of drug-likeness (QED) is 0.502. The Morgan fingerprint density at radius 2 is 2.10 bits per heavy atom. The summed E-state index contributed by atoms with van der Waals surface area (Å²) < 4.78 is 0. The van der Waals surface area contributed by atoms with Crippen LogP contribution in [0.4, 0.5) is 0 Å². The van der Waals surface area contributed by atoms with Crippen molar-refractivity contribution >= 4 is 0 Å². The van der Waals surface area contributed by atoms with Crippen LogP contribution in [0.3, 0.4) is 0 Å². The summed E-state index contributed by atoms with van der Waals surface area (Å²) in [6, 6.07) is 0.661. The van der Waals surface area contributed by atoms with Crippen molar-refractivity contribution in [2.75, 3.05) is 14.1 Å².